The predicted octanol–water partition coefficient (Wildman–Crippen LogP) is 4.21. The zero-order valence-corrected chi connectivity index (χ0v) is 20.3. The Morgan fingerprint density at radius 1 is 1.16 bits per heavy atom. The second-order valence-electron chi connectivity index (χ2n) is 8.59. The maximum absolute atomic E-state index is 13.1. The molecule has 0 spiro atoms. The van der Waals surface area contributed by atoms with E-state index in [4.69, 9.17) is 11.6 Å². The lowest BCUT2D eigenvalue weighted by molar-refractivity contribution is 0.166. The van der Waals surface area contributed by atoms with Crippen LogP contribution in [0.25, 0.3) is 0 Å². The average Bonchev–Trinajstić information content (AvgIpc) is 3.17. The van der Waals surface area contributed by atoms with Gasteiger partial charge >= 0.3 is 0 Å². The molecule has 172 valence electrons. The van der Waals surface area contributed by atoms with E-state index in [0.717, 1.165) is 51.7 Å². The number of imidazole rings is 1. The smallest absolute Gasteiger partial charge is 0.243 e. The minimum atomic E-state index is -3.48. The normalized spacial score (nSPS) is 16.3. The van der Waals surface area contributed by atoms with Gasteiger partial charge in [0.05, 0.1) is 16.9 Å². The number of unbranched alkanes of at least 4 members (excludes halogenated alkanes) is 1. The first-order valence-corrected chi connectivity index (χ1v) is 13.1. The van der Waals surface area contributed by atoms with Gasteiger partial charge in [0.1, 0.15) is 0 Å². The fourth-order valence-corrected chi connectivity index (χ4v) is 5.97. The Balaban J connectivity index is 1.44. The molecule has 0 radical (unpaired) electrons. The Morgan fingerprint density at radius 3 is 2.48 bits per heavy atom. The van der Waals surface area contributed by atoms with Gasteiger partial charge in [-0.15, -0.1) is 0 Å². The third-order valence-corrected chi connectivity index (χ3v) is 8.14. The Labute approximate surface area is 192 Å². The summed E-state index contributed by atoms with van der Waals surface area (Å²) in [5.41, 5.74) is 1.17. The van der Waals surface area contributed by atoms with Crippen molar-refractivity contribution < 1.29 is 8.42 Å². The van der Waals surface area contributed by atoms with Crippen molar-refractivity contribution in [2.75, 3.05) is 32.7 Å². The lowest BCUT2D eigenvalue weighted by Gasteiger charge is -2.34. The van der Waals surface area contributed by atoms with Crippen molar-refractivity contribution >= 4 is 21.6 Å². The van der Waals surface area contributed by atoms with Crippen LogP contribution in [-0.4, -0.2) is 59.9 Å². The van der Waals surface area contributed by atoms with E-state index in [1.807, 2.05) is 24.9 Å². The minimum absolute atomic E-state index is 0.329. The van der Waals surface area contributed by atoms with Crippen molar-refractivity contribution in [3.8, 4) is 0 Å². The summed E-state index contributed by atoms with van der Waals surface area (Å²) >= 11 is 5.93. The highest BCUT2D eigenvalue weighted by atomic mass is 35.5. The third-order valence-electron chi connectivity index (χ3n) is 6.01. The summed E-state index contributed by atoms with van der Waals surface area (Å²) in [6.07, 6.45) is 10.2. The van der Waals surface area contributed by atoms with E-state index >= 15 is 0 Å². The highest BCUT2D eigenvalue weighted by Gasteiger charge is 2.28. The van der Waals surface area contributed by atoms with Crippen LogP contribution in [0.1, 0.15) is 44.7 Å². The molecule has 0 unspecified atom stereocenters. The van der Waals surface area contributed by atoms with Gasteiger partial charge < -0.3 is 9.47 Å². The number of nitrogens with zero attached hydrogens (tertiary/aromatic N) is 4. The maximum atomic E-state index is 13.1. The SMILES string of the molecule is CCCN(CC1CCN(CCCCc2cn(C)cn2)CC1)S(=O)(=O)c1ccc(Cl)cc1. The standard InChI is InChI=1S/C23H35ClN4O2S/c1-3-13-28(31(29,30)23-9-7-21(24)8-10-23)17-20-11-15-27(16-12-20)14-5-4-6-22-18-26(2)19-25-22/h7-10,18-20H,3-6,11-17H2,1-2H3. The molecule has 0 saturated carbocycles. The minimum Gasteiger partial charge on any atom is -0.340 e. The lowest BCUT2D eigenvalue weighted by Crippen LogP contribution is -2.41. The van der Waals surface area contributed by atoms with E-state index in [1.165, 1.54) is 12.1 Å². The van der Waals surface area contributed by atoms with Crippen molar-refractivity contribution in [2.24, 2.45) is 13.0 Å². The molecule has 8 heteroatoms. The van der Waals surface area contributed by atoms with Crippen molar-refractivity contribution in [1.82, 2.24) is 18.8 Å². The molecule has 0 bridgehead atoms. The zero-order valence-electron chi connectivity index (χ0n) is 18.7. The van der Waals surface area contributed by atoms with Crippen LogP contribution in [0.15, 0.2) is 41.7 Å². The quantitative estimate of drug-likeness (QED) is 0.465. The fraction of sp³-hybridized carbons (Fsp3) is 0.609. The van der Waals surface area contributed by atoms with Gasteiger partial charge in [-0.2, -0.15) is 4.31 Å². The monoisotopic (exact) mass is 466 g/mol. The van der Waals surface area contributed by atoms with Crippen molar-refractivity contribution in [3.05, 3.63) is 47.5 Å². The summed E-state index contributed by atoms with van der Waals surface area (Å²) in [5, 5.41) is 0.549. The van der Waals surface area contributed by atoms with Gasteiger partial charge in [-0.25, -0.2) is 13.4 Å². The largest absolute Gasteiger partial charge is 0.340 e. The molecule has 2 aromatic rings. The molecule has 1 aliphatic heterocycles. The molecule has 3 rings (SSSR count). The van der Waals surface area contributed by atoms with Gasteiger partial charge in [-0.05, 0) is 88.3 Å². The molecule has 1 saturated heterocycles. The number of piperidine rings is 1. The van der Waals surface area contributed by atoms with Crippen LogP contribution in [0.4, 0.5) is 0 Å². The summed E-state index contributed by atoms with van der Waals surface area (Å²) < 4.78 is 29.9. The molecule has 0 atom stereocenters. The molecule has 0 aliphatic carbocycles. The van der Waals surface area contributed by atoms with E-state index in [0.29, 0.717) is 28.9 Å². The molecule has 2 heterocycles. The lowest BCUT2D eigenvalue weighted by atomic mass is 9.96. The first-order chi connectivity index (χ1) is 14.9. The third kappa shape index (κ3) is 7.04. The maximum Gasteiger partial charge on any atom is 0.243 e. The van der Waals surface area contributed by atoms with Gasteiger partial charge in [0.25, 0.3) is 0 Å². The van der Waals surface area contributed by atoms with E-state index in [2.05, 4.69) is 16.1 Å². The van der Waals surface area contributed by atoms with Crippen LogP contribution >= 0.6 is 11.6 Å². The van der Waals surface area contributed by atoms with Crippen molar-refractivity contribution in [1.29, 1.82) is 0 Å². The number of aryl methyl sites for hydroxylation is 2. The van der Waals surface area contributed by atoms with Crippen LogP contribution in [0.3, 0.4) is 0 Å². The highest BCUT2D eigenvalue weighted by Crippen LogP contribution is 2.24. The molecule has 6 nitrogen and oxygen atoms in total. The van der Waals surface area contributed by atoms with Crippen LogP contribution in [0.5, 0.6) is 0 Å². The van der Waals surface area contributed by atoms with E-state index in [1.54, 1.807) is 28.6 Å². The molecule has 1 fully saturated rings. The van der Waals surface area contributed by atoms with Gasteiger partial charge in [0, 0.05) is 31.4 Å². The van der Waals surface area contributed by atoms with E-state index in [9.17, 15) is 8.42 Å². The molecular formula is C23H35ClN4O2S. The van der Waals surface area contributed by atoms with Gasteiger partial charge in [-0.3, -0.25) is 0 Å². The summed E-state index contributed by atoms with van der Waals surface area (Å²) in [6, 6.07) is 6.50. The number of hydrogen-bond donors (Lipinski definition) is 0. The Morgan fingerprint density at radius 2 is 1.87 bits per heavy atom. The first-order valence-electron chi connectivity index (χ1n) is 11.3. The van der Waals surface area contributed by atoms with Crippen LogP contribution in [-0.2, 0) is 23.5 Å². The topological polar surface area (TPSA) is 58.4 Å². The Hall–Kier alpha value is -1.41. The Bertz CT molecular complexity index is 906. The van der Waals surface area contributed by atoms with Crippen molar-refractivity contribution in [3.63, 3.8) is 0 Å². The predicted molar refractivity (Wildman–Crippen MR) is 126 cm³/mol. The molecule has 0 amide bonds. The van der Waals surface area contributed by atoms with Crippen LogP contribution in [0, 0.1) is 5.92 Å². The molecule has 1 aliphatic rings. The molecule has 1 aromatic heterocycles. The van der Waals surface area contributed by atoms with Crippen LogP contribution < -0.4 is 0 Å². The van der Waals surface area contributed by atoms with Gasteiger partial charge in [0.15, 0.2) is 0 Å². The number of halogens is 1. The number of sulfonamides is 1. The summed E-state index contributed by atoms with van der Waals surface area (Å²) in [4.78, 5) is 7.24. The van der Waals surface area contributed by atoms with E-state index < -0.39 is 10.0 Å². The molecular weight excluding hydrogens is 432 g/mol. The number of aromatic nitrogens is 2. The number of benzene rings is 1. The number of likely N-dealkylation sites (tertiary alicyclic amines) is 1. The first kappa shape index (κ1) is 24.2. The summed E-state index contributed by atoms with van der Waals surface area (Å²) in [6.45, 7) is 6.40. The second-order valence-corrected chi connectivity index (χ2v) is 11.0. The fourth-order valence-electron chi connectivity index (χ4n) is 4.23. The highest BCUT2D eigenvalue weighted by molar-refractivity contribution is 7.89. The molecule has 31 heavy (non-hydrogen) atoms. The number of hydrogen-bond acceptors (Lipinski definition) is 4. The summed E-state index contributed by atoms with van der Waals surface area (Å²) in [5.74, 6) is 0.415. The Kier molecular flexibility index (Phi) is 8.95. The molecule has 1 aromatic carbocycles. The average molecular weight is 467 g/mol. The zero-order chi connectivity index (χ0) is 22.3. The van der Waals surface area contributed by atoms with Gasteiger partial charge in [0.2, 0.25) is 10.0 Å². The van der Waals surface area contributed by atoms with Crippen LogP contribution in [0.2, 0.25) is 5.02 Å². The number of rotatable bonds is 11. The van der Waals surface area contributed by atoms with Gasteiger partial charge in [-0.1, -0.05) is 18.5 Å². The molecule has 0 N–H and O–H groups in total. The van der Waals surface area contributed by atoms with Crippen molar-refractivity contribution in [2.45, 2.75) is 50.3 Å². The summed E-state index contributed by atoms with van der Waals surface area (Å²) in [7, 11) is -1.48. The van der Waals surface area contributed by atoms with E-state index in [-0.39, 0.29) is 0 Å². The second kappa shape index (κ2) is 11.5.